The van der Waals surface area contributed by atoms with Gasteiger partial charge in [-0.3, -0.25) is 4.79 Å². The second-order valence-corrected chi connectivity index (χ2v) is 8.56. The van der Waals surface area contributed by atoms with Gasteiger partial charge < -0.3 is 10.4 Å². The van der Waals surface area contributed by atoms with Crippen LogP contribution in [0.4, 0.5) is 18.9 Å². The zero-order chi connectivity index (χ0) is 20.4. The molecular weight excluding hydrogens is 411 g/mol. The normalized spacial score (nSPS) is 21.7. The molecule has 0 heterocycles. The minimum atomic E-state index is -1.59. The molecule has 1 aliphatic rings. The Labute approximate surface area is 170 Å². The zero-order valence-corrected chi connectivity index (χ0v) is 16.6. The van der Waals surface area contributed by atoms with Gasteiger partial charge in [0.2, 0.25) is 0 Å². The van der Waals surface area contributed by atoms with E-state index in [1.165, 1.54) is 17.8 Å². The van der Waals surface area contributed by atoms with E-state index in [2.05, 4.69) is 12.2 Å². The van der Waals surface area contributed by atoms with E-state index in [1.54, 1.807) is 12.1 Å². The van der Waals surface area contributed by atoms with Crippen LogP contribution in [0.2, 0.25) is 5.02 Å². The third kappa shape index (κ3) is 4.47. The Balaban J connectivity index is 1.80. The average Bonchev–Trinajstić information content (AvgIpc) is 3.01. The van der Waals surface area contributed by atoms with Gasteiger partial charge in [-0.2, -0.15) is 0 Å². The van der Waals surface area contributed by atoms with E-state index in [0.29, 0.717) is 28.0 Å². The number of nitrogens with one attached hydrogen (secondary N) is 1. The van der Waals surface area contributed by atoms with Gasteiger partial charge in [0.15, 0.2) is 17.5 Å². The summed E-state index contributed by atoms with van der Waals surface area (Å²) in [6.07, 6.45) is 1.96. The van der Waals surface area contributed by atoms with Gasteiger partial charge in [-0.15, -0.1) is 11.8 Å². The summed E-state index contributed by atoms with van der Waals surface area (Å²) in [7, 11) is 0. The second kappa shape index (κ2) is 8.76. The lowest BCUT2D eigenvalue weighted by atomic mass is 10.1. The first kappa shape index (κ1) is 21.0. The number of thioether (sulfide) groups is 1. The predicted octanol–water partition coefficient (Wildman–Crippen LogP) is 5.51. The summed E-state index contributed by atoms with van der Waals surface area (Å²) in [6, 6.07) is 6.12. The highest BCUT2D eigenvalue weighted by molar-refractivity contribution is 8.00. The maximum atomic E-state index is 13.3. The number of hydrogen-bond donors (Lipinski definition) is 2. The Bertz CT molecular complexity index is 873. The molecule has 0 spiro atoms. The number of carbonyl (C=O) groups is 1. The van der Waals surface area contributed by atoms with E-state index in [4.69, 9.17) is 11.6 Å². The van der Waals surface area contributed by atoms with Crippen molar-refractivity contribution in [1.29, 1.82) is 0 Å². The largest absolute Gasteiger partial charge is 0.396 e. The molecule has 0 aromatic heterocycles. The lowest BCUT2D eigenvalue weighted by molar-refractivity contribution is 0.102. The first-order chi connectivity index (χ1) is 13.3. The van der Waals surface area contributed by atoms with Crippen LogP contribution >= 0.6 is 23.4 Å². The summed E-state index contributed by atoms with van der Waals surface area (Å²) in [5, 5.41) is 12.6. The third-order valence-corrected chi connectivity index (χ3v) is 7.11. The smallest absolute Gasteiger partial charge is 0.255 e. The minimum Gasteiger partial charge on any atom is -0.396 e. The van der Waals surface area contributed by atoms with Gasteiger partial charge in [0.1, 0.15) is 0 Å². The number of carbonyl (C=O) groups excluding carboxylic acids is 1. The highest BCUT2D eigenvalue weighted by Crippen LogP contribution is 2.44. The molecule has 150 valence electrons. The van der Waals surface area contributed by atoms with Gasteiger partial charge in [-0.1, -0.05) is 18.5 Å². The van der Waals surface area contributed by atoms with Gasteiger partial charge in [-0.05, 0) is 42.9 Å². The fourth-order valence-corrected chi connectivity index (χ4v) is 5.09. The fourth-order valence-electron chi connectivity index (χ4n) is 3.39. The highest BCUT2D eigenvalue weighted by atomic mass is 35.5. The minimum absolute atomic E-state index is 0.0987. The molecule has 2 aromatic carbocycles. The third-order valence-electron chi connectivity index (χ3n) is 4.95. The molecule has 3 nitrogen and oxygen atoms in total. The molecule has 3 rings (SSSR count). The van der Waals surface area contributed by atoms with E-state index in [-0.39, 0.29) is 29.0 Å². The molecule has 2 N–H and O–H groups in total. The monoisotopic (exact) mass is 429 g/mol. The topological polar surface area (TPSA) is 49.3 Å². The second-order valence-electron chi connectivity index (χ2n) is 6.93. The van der Waals surface area contributed by atoms with E-state index < -0.39 is 23.4 Å². The lowest BCUT2D eigenvalue weighted by Gasteiger charge is -2.21. The summed E-state index contributed by atoms with van der Waals surface area (Å²) < 4.78 is 39.7. The van der Waals surface area contributed by atoms with Crippen LogP contribution < -0.4 is 5.32 Å². The number of hydrogen-bond acceptors (Lipinski definition) is 3. The van der Waals surface area contributed by atoms with E-state index >= 15 is 0 Å². The van der Waals surface area contributed by atoms with Crippen LogP contribution in [-0.2, 0) is 0 Å². The molecule has 0 saturated heterocycles. The van der Waals surface area contributed by atoms with Crippen molar-refractivity contribution in [2.75, 3.05) is 11.9 Å². The van der Waals surface area contributed by atoms with Crippen molar-refractivity contribution in [3.63, 3.8) is 0 Å². The first-order valence-corrected chi connectivity index (χ1v) is 10.1. The number of anilines is 1. The SMILES string of the molecule is CC1CCC(CO)C1Sc1cc(C(=O)Nc2cc(F)c(F)c(F)c2)ccc1Cl. The molecule has 3 atom stereocenters. The standard InChI is InChI=1S/C20H19ClF3NO2S/c1-10-2-3-12(9-26)19(10)28-17-6-11(4-5-14(17)21)20(27)25-13-7-15(22)18(24)16(23)8-13/h4-8,10,12,19,26H,2-3,9H2,1H3,(H,25,27). The summed E-state index contributed by atoms with van der Waals surface area (Å²) in [6.45, 7) is 2.22. The number of aliphatic hydroxyl groups is 1. The molecular formula is C20H19ClF3NO2S. The lowest BCUT2D eigenvalue weighted by Crippen LogP contribution is -2.19. The molecule has 8 heteroatoms. The molecule has 3 unspecified atom stereocenters. The van der Waals surface area contributed by atoms with Crippen LogP contribution in [0.15, 0.2) is 35.2 Å². The fraction of sp³-hybridized carbons (Fsp3) is 0.350. The molecule has 0 bridgehead atoms. The van der Waals surface area contributed by atoms with Crippen molar-refractivity contribution in [2.45, 2.75) is 29.9 Å². The maximum absolute atomic E-state index is 13.3. The number of rotatable bonds is 5. The number of benzene rings is 2. The van der Waals surface area contributed by atoms with Crippen molar-refractivity contribution >= 4 is 35.0 Å². The zero-order valence-electron chi connectivity index (χ0n) is 15.0. The van der Waals surface area contributed by atoms with Gasteiger partial charge in [-0.25, -0.2) is 13.2 Å². The van der Waals surface area contributed by atoms with Crippen LogP contribution in [0, 0.1) is 29.3 Å². The molecule has 1 fully saturated rings. The summed E-state index contributed by atoms with van der Waals surface area (Å²) in [5.41, 5.74) is 0.0681. The van der Waals surface area contributed by atoms with Crippen LogP contribution in [0.5, 0.6) is 0 Å². The Morgan fingerprint density at radius 3 is 2.54 bits per heavy atom. The number of aliphatic hydroxyl groups excluding tert-OH is 1. The van der Waals surface area contributed by atoms with E-state index in [9.17, 15) is 23.1 Å². The average molecular weight is 430 g/mol. The van der Waals surface area contributed by atoms with Crippen LogP contribution in [0.3, 0.4) is 0 Å². The quantitative estimate of drug-likeness (QED) is 0.616. The van der Waals surface area contributed by atoms with Crippen LogP contribution in [0.25, 0.3) is 0 Å². The highest BCUT2D eigenvalue weighted by Gasteiger charge is 2.34. The van der Waals surface area contributed by atoms with Gasteiger partial charge >= 0.3 is 0 Å². The molecule has 1 aliphatic carbocycles. The number of halogens is 4. The van der Waals surface area contributed by atoms with Crippen LogP contribution in [0.1, 0.15) is 30.1 Å². The first-order valence-electron chi connectivity index (χ1n) is 8.83. The molecule has 1 amide bonds. The van der Waals surface area contributed by atoms with Gasteiger partial charge in [0.05, 0.1) is 5.02 Å². The molecule has 0 aliphatic heterocycles. The van der Waals surface area contributed by atoms with Crippen molar-refractivity contribution in [3.8, 4) is 0 Å². The molecule has 28 heavy (non-hydrogen) atoms. The Kier molecular flexibility index (Phi) is 6.58. The van der Waals surface area contributed by atoms with Gasteiger partial charge in [0.25, 0.3) is 5.91 Å². The van der Waals surface area contributed by atoms with Crippen molar-refractivity contribution < 1.29 is 23.1 Å². The Morgan fingerprint density at radius 2 is 1.89 bits per heavy atom. The van der Waals surface area contributed by atoms with E-state index in [0.717, 1.165) is 12.8 Å². The summed E-state index contributed by atoms with van der Waals surface area (Å²) in [4.78, 5) is 13.2. The Hall–Kier alpha value is -1.70. The van der Waals surface area contributed by atoms with Crippen LogP contribution in [-0.4, -0.2) is 22.9 Å². The van der Waals surface area contributed by atoms with Crippen molar-refractivity contribution in [1.82, 2.24) is 0 Å². The number of amides is 1. The van der Waals surface area contributed by atoms with E-state index in [1.807, 2.05) is 0 Å². The van der Waals surface area contributed by atoms with Crippen molar-refractivity contribution in [3.05, 3.63) is 58.4 Å². The molecule has 1 saturated carbocycles. The van der Waals surface area contributed by atoms with Gasteiger partial charge in [0, 0.05) is 40.1 Å². The summed E-state index contributed by atoms with van der Waals surface area (Å²) >= 11 is 7.80. The van der Waals surface area contributed by atoms with Crippen molar-refractivity contribution in [2.24, 2.45) is 11.8 Å². The summed E-state index contributed by atoms with van der Waals surface area (Å²) in [5.74, 6) is -4.38. The predicted molar refractivity (Wildman–Crippen MR) is 104 cm³/mol. The Morgan fingerprint density at radius 1 is 1.21 bits per heavy atom. The molecule has 0 radical (unpaired) electrons. The molecule has 2 aromatic rings. The maximum Gasteiger partial charge on any atom is 0.255 e.